The molecule has 2 N–H and O–H groups in total. The van der Waals surface area contributed by atoms with Crippen LogP contribution >= 0.6 is 50.7 Å². The molecule has 0 saturated carbocycles. The van der Waals surface area contributed by atoms with Crippen LogP contribution in [0.3, 0.4) is 0 Å². The van der Waals surface area contributed by atoms with Gasteiger partial charge in [0.05, 0.1) is 20.7 Å². The van der Waals surface area contributed by atoms with E-state index in [1.807, 2.05) is 30.3 Å². The molecule has 0 fully saturated rings. The Hall–Kier alpha value is -2.58. The molecule has 0 aliphatic rings. The number of hydrazone groups is 1. The zero-order chi connectivity index (χ0) is 24.5. The van der Waals surface area contributed by atoms with Crippen LogP contribution in [0.15, 0.2) is 70.2 Å². The average molecular weight is 584 g/mol. The molecule has 176 valence electrons. The Kier molecular flexibility index (Phi) is 9.77. The van der Waals surface area contributed by atoms with E-state index in [-0.39, 0.29) is 29.8 Å². The Morgan fingerprint density at radius 3 is 2.50 bits per heavy atom. The van der Waals surface area contributed by atoms with Gasteiger partial charge in [0.2, 0.25) is 5.91 Å². The van der Waals surface area contributed by atoms with Crippen molar-refractivity contribution in [1.82, 2.24) is 10.7 Å². The van der Waals surface area contributed by atoms with E-state index in [2.05, 4.69) is 31.8 Å². The Morgan fingerprint density at radius 1 is 0.971 bits per heavy atom. The highest BCUT2D eigenvalue weighted by Gasteiger charge is 2.09. The van der Waals surface area contributed by atoms with Crippen molar-refractivity contribution in [1.29, 1.82) is 0 Å². The third-order valence-electron chi connectivity index (χ3n) is 4.52. The summed E-state index contributed by atoms with van der Waals surface area (Å²) in [6.07, 6.45) is 1.57. The van der Waals surface area contributed by atoms with Gasteiger partial charge in [-0.1, -0.05) is 53.0 Å². The fourth-order valence-electron chi connectivity index (χ4n) is 2.75. The molecule has 10 heteroatoms. The molecule has 0 unspecified atom stereocenters. The maximum Gasteiger partial charge on any atom is 0.251 e. The molecule has 0 atom stereocenters. The van der Waals surface area contributed by atoms with E-state index in [1.54, 1.807) is 18.2 Å². The number of carbonyl (C=O) groups excluding carboxylic acids is 2. The van der Waals surface area contributed by atoms with Crippen molar-refractivity contribution < 1.29 is 14.3 Å². The van der Waals surface area contributed by atoms with Crippen molar-refractivity contribution in [2.24, 2.45) is 5.10 Å². The van der Waals surface area contributed by atoms with Crippen LogP contribution in [0.25, 0.3) is 0 Å². The fraction of sp³-hybridized carbons (Fsp3) is 0.125. The Labute approximate surface area is 220 Å². The first-order chi connectivity index (χ1) is 16.3. The van der Waals surface area contributed by atoms with Gasteiger partial charge in [-0.3, -0.25) is 9.59 Å². The van der Waals surface area contributed by atoms with E-state index in [0.29, 0.717) is 28.0 Å². The van der Waals surface area contributed by atoms with Crippen molar-refractivity contribution in [3.05, 3.63) is 96.9 Å². The summed E-state index contributed by atoms with van der Waals surface area (Å²) in [6.45, 7) is 0.479. The van der Waals surface area contributed by atoms with Gasteiger partial charge < -0.3 is 10.1 Å². The number of ether oxygens (including phenoxy) is 1. The monoisotopic (exact) mass is 581 g/mol. The third-order valence-corrected chi connectivity index (χ3v) is 6.25. The molecule has 6 nitrogen and oxygen atoms in total. The van der Waals surface area contributed by atoms with Crippen molar-refractivity contribution in [2.45, 2.75) is 13.0 Å². The molecule has 34 heavy (non-hydrogen) atoms. The van der Waals surface area contributed by atoms with Gasteiger partial charge in [-0.2, -0.15) is 5.10 Å². The van der Waals surface area contributed by atoms with Gasteiger partial charge in [0.25, 0.3) is 5.91 Å². The highest BCUT2D eigenvalue weighted by Crippen LogP contribution is 2.27. The van der Waals surface area contributed by atoms with Gasteiger partial charge in [0.15, 0.2) is 0 Å². The van der Waals surface area contributed by atoms with E-state index in [0.717, 1.165) is 15.6 Å². The SMILES string of the molecule is O=C(CCNC(=O)c1ccc(Cl)c(Cl)c1)NN=Cc1ccc(OCc2ccccc2Cl)c(Br)c1. The molecule has 0 spiro atoms. The Bertz CT molecular complexity index is 1220. The van der Waals surface area contributed by atoms with Crippen molar-refractivity contribution in [3.8, 4) is 5.75 Å². The molecular weight excluding hydrogens is 565 g/mol. The molecule has 3 rings (SSSR count). The number of carbonyl (C=O) groups is 2. The molecule has 0 aliphatic carbocycles. The van der Waals surface area contributed by atoms with Crippen LogP contribution in [0.1, 0.15) is 27.9 Å². The molecule has 0 bridgehead atoms. The smallest absolute Gasteiger partial charge is 0.251 e. The molecule has 0 radical (unpaired) electrons. The molecule has 2 amide bonds. The number of nitrogens with one attached hydrogen (secondary N) is 2. The topological polar surface area (TPSA) is 79.8 Å². The summed E-state index contributed by atoms with van der Waals surface area (Å²) in [7, 11) is 0. The first kappa shape index (κ1) is 26.0. The lowest BCUT2D eigenvalue weighted by atomic mass is 10.2. The minimum absolute atomic E-state index is 0.0585. The summed E-state index contributed by atoms with van der Waals surface area (Å²) in [5, 5.41) is 7.88. The fourth-order valence-corrected chi connectivity index (χ4v) is 3.75. The lowest BCUT2D eigenvalue weighted by Gasteiger charge is -2.10. The standard InChI is InChI=1S/C24H19BrCl3N3O3/c25-18-11-15(5-8-22(18)34-14-17-3-1-2-4-19(17)26)13-30-31-23(32)9-10-29-24(33)16-6-7-20(27)21(28)12-16/h1-8,11-13H,9-10,14H2,(H,29,33)(H,31,32). The van der Waals surface area contributed by atoms with E-state index in [9.17, 15) is 9.59 Å². The van der Waals surface area contributed by atoms with Gasteiger partial charge in [-0.05, 0) is 64.0 Å². The van der Waals surface area contributed by atoms with Gasteiger partial charge >= 0.3 is 0 Å². The summed E-state index contributed by atoms with van der Waals surface area (Å²) in [5.74, 6) is -0.0418. The highest BCUT2D eigenvalue weighted by atomic mass is 79.9. The number of hydrogen-bond donors (Lipinski definition) is 2. The van der Waals surface area contributed by atoms with Gasteiger partial charge in [-0.25, -0.2) is 5.43 Å². The van der Waals surface area contributed by atoms with Gasteiger partial charge in [0.1, 0.15) is 12.4 Å². The van der Waals surface area contributed by atoms with E-state index < -0.39 is 0 Å². The average Bonchev–Trinajstić information content (AvgIpc) is 2.81. The number of amides is 2. The summed E-state index contributed by atoms with van der Waals surface area (Å²) < 4.78 is 6.55. The van der Waals surface area contributed by atoms with Gasteiger partial charge in [0, 0.05) is 29.1 Å². The highest BCUT2D eigenvalue weighted by molar-refractivity contribution is 9.10. The molecular formula is C24H19BrCl3N3O3. The Morgan fingerprint density at radius 2 is 1.76 bits per heavy atom. The second kappa shape index (κ2) is 12.8. The maximum absolute atomic E-state index is 12.1. The Balaban J connectivity index is 1.43. The zero-order valence-corrected chi connectivity index (χ0v) is 21.5. The summed E-state index contributed by atoms with van der Waals surface area (Å²) >= 11 is 21.4. The van der Waals surface area contributed by atoms with Crippen molar-refractivity contribution >= 4 is 68.8 Å². The molecule has 0 aliphatic heterocycles. The molecule has 3 aromatic rings. The van der Waals surface area contributed by atoms with Crippen molar-refractivity contribution in [2.75, 3.05) is 6.54 Å². The van der Waals surface area contributed by atoms with Crippen LogP contribution in [-0.2, 0) is 11.4 Å². The maximum atomic E-state index is 12.1. The zero-order valence-electron chi connectivity index (χ0n) is 17.7. The first-order valence-electron chi connectivity index (χ1n) is 10.0. The quantitative estimate of drug-likeness (QED) is 0.231. The normalized spacial score (nSPS) is 10.8. The second-order valence-corrected chi connectivity index (χ2v) is 9.07. The van der Waals surface area contributed by atoms with Crippen LogP contribution in [0.4, 0.5) is 0 Å². The molecule has 3 aromatic carbocycles. The number of nitrogens with zero attached hydrogens (tertiary/aromatic N) is 1. The van der Waals surface area contributed by atoms with Crippen molar-refractivity contribution in [3.63, 3.8) is 0 Å². The first-order valence-corrected chi connectivity index (χ1v) is 12.0. The lowest BCUT2D eigenvalue weighted by molar-refractivity contribution is -0.120. The number of benzene rings is 3. The lowest BCUT2D eigenvalue weighted by Crippen LogP contribution is -2.29. The van der Waals surface area contributed by atoms with Crippen LogP contribution in [0, 0.1) is 0 Å². The number of rotatable bonds is 9. The molecule has 0 heterocycles. The minimum Gasteiger partial charge on any atom is -0.488 e. The van der Waals surface area contributed by atoms with E-state index >= 15 is 0 Å². The van der Waals surface area contributed by atoms with Crippen LogP contribution in [-0.4, -0.2) is 24.6 Å². The third kappa shape index (κ3) is 7.74. The number of halogens is 4. The predicted octanol–water partition coefficient (Wildman–Crippen LogP) is 6.26. The van der Waals surface area contributed by atoms with E-state index in [4.69, 9.17) is 39.5 Å². The summed E-state index contributed by atoms with van der Waals surface area (Å²) in [6, 6.07) is 17.5. The second-order valence-electron chi connectivity index (χ2n) is 7.00. The number of hydrogen-bond acceptors (Lipinski definition) is 4. The molecule has 0 saturated heterocycles. The minimum atomic E-state index is -0.350. The predicted molar refractivity (Wildman–Crippen MR) is 139 cm³/mol. The van der Waals surface area contributed by atoms with Crippen LogP contribution in [0.2, 0.25) is 15.1 Å². The molecule has 0 aromatic heterocycles. The van der Waals surface area contributed by atoms with E-state index in [1.165, 1.54) is 18.3 Å². The summed E-state index contributed by atoms with van der Waals surface area (Å²) in [4.78, 5) is 24.1. The van der Waals surface area contributed by atoms with Crippen LogP contribution < -0.4 is 15.5 Å². The summed E-state index contributed by atoms with van der Waals surface area (Å²) in [5.41, 5.74) is 4.43. The largest absolute Gasteiger partial charge is 0.488 e. The van der Waals surface area contributed by atoms with Crippen LogP contribution in [0.5, 0.6) is 5.75 Å². The van der Waals surface area contributed by atoms with Gasteiger partial charge in [-0.15, -0.1) is 0 Å².